The van der Waals surface area contributed by atoms with Gasteiger partial charge in [0, 0.05) is 24.1 Å². The Morgan fingerprint density at radius 1 is 1.13 bits per heavy atom. The number of rotatable bonds is 8. The number of carbonyl (C=O) groups excluding carboxylic acids is 2. The van der Waals surface area contributed by atoms with Gasteiger partial charge in [-0.1, -0.05) is 0 Å². The van der Waals surface area contributed by atoms with E-state index in [4.69, 9.17) is 23.7 Å². The van der Waals surface area contributed by atoms with Crippen LogP contribution in [0.5, 0.6) is 17.2 Å². The second-order valence-electron chi connectivity index (χ2n) is 7.16. The number of benzene rings is 1. The molecular weight excluding hydrogens is 390 g/mol. The van der Waals surface area contributed by atoms with E-state index in [0.29, 0.717) is 42.6 Å². The van der Waals surface area contributed by atoms with Crippen molar-refractivity contribution in [2.75, 3.05) is 40.6 Å². The number of Topliss-reactive ketones (excluding diaryl/α,β-unsaturated/α-hetero) is 1. The first-order valence-corrected chi connectivity index (χ1v) is 9.72. The lowest BCUT2D eigenvalue weighted by Gasteiger charge is -2.21. The minimum atomic E-state index is -0.639. The van der Waals surface area contributed by atoms with Crippen LogP contribution in [0.4, 0.5) is 0 Å². The Hall–Kier alpha value is -3.00. The van der Waals surface area contributed by atoms with E-state index in [1.807, 2.05) is 31.4 Å². The number of aromatic nitrogens is 1. The summed E-state index contributed by atoms with van der Waals surface area (Å²) in [4.78, 5) is 25.2. The number of fused-ring (bicyclic) bond motifs is 1. The van der Waals surface area contributed by atoms with Crippen LogP contribution in [0.1, 0.15) is 45.1 Å². The third kappa shape index (κ3) is 4.28. The Morgan fingerprint density at radius 2 is 1.87 bits per heavy atom. The number of hydrogen-bond donors (Lipinski definition) is 0. The highest BCUT2D eigenvalue weighted by molar-refractivity contribution is 6.00. The van der Waals surface area contributed by atoms with E-state index in [1.165, 1.54) is 19.2 Å². The van der Waals surface area contributed by atoms with E-state index in [9.17, 15) is 9.59 Å². The molecule has 8 heteroatoms. The second-order valence-corrected chi connectivity index (χ2v) is 7.16. The largest absolute Gasteiger partial charge is 0.493 e. The number of methoxy groups -OCH3 is 2. The van der Waals surface area contributed by atoms with Gasteiger partial charge < -0.3 is 28.3 Å². The molecule has 1 unspecified atom stereocenters. The van der Waals surface area contributed by atoms with Gasteiger partial charge in [0.1, 0.15) is 13.2 Å². The molecule has 1 aromatic carbocycles. The predicted molar refractivity (Wildman–Crippen MR) is 109 cm³/mol. The molecular formula is C22H27NO7. The van der Waals surface area contributed by atoms with Crippen molar-refractivity contribution in [1.29, 1.82) is 0 Å². The second kappa shape index (κ2) is 9.21. The fourth-order valence-electron chi connectivity index (χ4n) is 3.74. The predicted octanol–water partition coefficient (Wildman–Crippen LogP) is 3.13. The molecule has 3 rings (SSSR count). The summed E-state index contributed by atoms with van der Waals surface area (Å²) < 4.78 is 28.9. The van der Waals surface area contributed by atoms with E-state index in [-0.39, 0.29) is 24.0 Å². The van der Waals surface area contributed by atoms with E-state index in [1.54, 1.807) is 7.11 Å². The molecule has 1 aliphatic heterocycles. The molecule has 0 saturated carbocycles. The Labute approximate surface area is 175 Å². The minimum Gasteiger partial charge on any atom is -0.493 e. The summed E-state index contributed by atoms with van der Waals surface area (Å²) in [6.07, 6.45) is 0. The Kier molecular flexibility index (Phi) is 6.66. The fraction of sp³-hybridized carbons (Fsp3) is 0.455. The quantitative estimate of drug-likeness (QED) is 0.482. The van der Waals surface area contributed by atoms with Gasteiger partial charge in [-0.3, -0.25) is 4.79 Å². The first-order valence-electron chi connectivity index (χ1n) is 9.72. The highest BCUT2D eigenvalue weighted by Gasteiger charge is 2.23. The summed E-state index contributed by atoms with van der Waals surface area (Å²) >= 11 is 0. The number of carbonyl (C=O) groups is 2. The lowest BCUT2D eigenvalue weighted by atomic mass is 10.1. The lowest BCUT2D eigenvalue weighted by molar-refractivity contribution is 0.0473. The number of esters is 1. The highest BCUT2D eigenvalue weighted by atomic mass is 16.6. The van der Waals surface area contributed by atoms with Crippen molar-refractivity contribution in [1.82, 2.24) is 4.57 Å². The van der Waals surface area contributed by atoms with E-state index in [0.717, 1.165) is 11.4 Å². The number of hydrogen-bond acceptors (Lipinski definition) is 7. The SMILES string of the molecule is COCC(C)n1c(C)cc(C(=O)COC(=O)c2cc(OC)c3c(c2)OCCO3)c1C. The third-order valence-electron chi connectivity index (χ3n) is 5.03. The highest BCUT2D eigenvalue weighted by Crippen LogP contribution is 2.40. The molecule has 0 saturated heterocycles. The van der Waals surface area contributed by atoms with Crippen LogP contribution in [-0.4, -0.2) is 57.0 Å². The van der Waals surface area contributed by atoms with Crippen molar-refractivity contribution in [3.8, 4) is 17.2 Å². The van der Waals surface area contributed by atoms with Crippen LogP contribution < -0.4 is 14.2 Å². The van der Waals surface area contributed by atoms with Gasteiger partial charge in [-0.25, -0.2) is 4.79 Å². The summed E-state index contributed by atoms with van der Waals surface area (Å²) in [5, 5.41) is 0. The van der Waals surface area contributed by atoms with Gasteiger partial charge in [-0.05, 0) is 39.0 Å². The molecule has 2 heterocycles. The molecule has 0 aliphatic carbocycles. The Bertz CT molecular complexity index is 930. The summed E-state index contributed by atoms with van der Waals surface area (Å²) in [7, 11) is 3.12. The lowest BCUT2D eigenvalue weighted by Crippen LogP contribution is -2.18. The molecule has 2 aromatic rings. The van der Waals surface area contributed by atoms with Crippen LogP contribution in [0.25, 0.3) is 0 Å². The van der Waals surface area contributed by atoms with Crippen LogP contribution >= 0.6 is 0 Å². The van der Waals surface area contributed by atoms with Crippen LogP contribution in [0.15, 0.2) is 18.2 Å². The summed E-state index contributed by atoms with van der Waals surface area (Å²) in [5.41, 5.74) is 2.52. The number of ketones is 1. The van der Waals surface area contributed by atoms with Crippen molar-refractivity contribution in [3.05, 3.63) is 40.7 Å². The van der Waals surface area contributed by atoms with E-state index >= 15 is 0 Å². The summed E-state index contributed by atoms with van der Waals surface area (Å²) in [6.45, 7) is 6.78. The maximum Gasteiger partial charge on any atom is 0.338 e. The molecule has 30 heavy (non-hydrogen) atoms. The maximum absolute atomic E-state index is 12.7. The number of nitrogens with zero attached hydrogens (tertiary/aromatic N) is 1. The van der Waals surface area contributed by atoms with Crippen molar-refractivity contribution in [3.63, 3.8) is 0 Å². The smallest absolute Gasteiger partial charge is 0.338 e. The molecule has 1 atom stereocenters. The Morgan fingerprint density at radius 3 is 2.57 bits per heavy atom. The monoisotopic (exact) mass is 417 g/mol. The van der Waals surface area contributed by atoms with Crippen LogP contribution in [0, 0.1) is 13.8 Å². The van der Waals surface area contributed by atoms with Gasteiger partial charge >= 0.3 is 5.97 Å². The zero-order valence-corrected chi connectivity index (χ0v) is 17.9. The molecule has 0 amide bonds. The van der Waals surface area contributed by atoms with Gasteiger partial charge in [0.25, 0.3) is 0 Å². The van der Waals surface area contributed by atoms with E-state index < -0.39 is 5.97 Å². The zero-order chi connectivity index (χ0) is 21.8. The van der Waals surface area contributed by atoms with Crippen molar-refractivity contribution in [2.45, 2.75) is 26.8 Å². The van der Waals surface area contributed by atoms with Gasteiger partial charge in [-0.15, -0.1) is 0 Å². The molecule has 0 spiro atoms. The van der Waals surface area contributed by atoms with Crippen LogP contribution in [0.3, 0.4) is 0 Å². The fourth-order valence-corrected chi connectivity index (χ4v) is 3.74. The minimum absolute atomic E-state index is 0.0873. The normalized spacial score (nSPS) is 13.6. The number of aryl methyl sites for hydroxylation is 1. The third-order valence-corrected chi connectivity index (χ3v) is 5.03. The molecule has 1 aromatic heterocycles. The van der Waals surface area contributed by atoms with Crippen LogP contribution in [-0.2, 0) is 9.47 Å². The molecule has 0 N–H and O–H groups in total. The molecule has 0 bridgehead atoms. The molecule has 1 aliphatic rings. The molecule has 0 radical (unpaired) electrons. The van der Waals surface area contributed by atoms with Crippen LogP contribution in [0.2, 0.25) is 0 Å². The molecule has 162 valence electrons. The average Bonchev–Trinajstić information content (AvgIpc) is 3.05. The average molecular weight is 417 g/mol. The Balaban J connectivity index is 1.72. The molecule has 0 fully saturated rings. The van der Waals surface area contributed by atoms with Gasteiger partial charge in [-0.2, -0.15) is 0 Å². The van der Waals surface area contributed by atoms with E-state index in [2.05, 4.69) is 0 Å². The zero-order valence-electron chi connectivity index (χ0n) is 17.9. The standard InChI is InChI=1S/C22H27NO7/c1-13-8-17(15(3)23(13)14(2)11-26-4)18(24)12-30-22(25)16-9-19(27-5)21-20(10-16)28-6-7-29-21/h8-10,14H,6-7,11-12H2,1-5H3. The van der Waals surface area contributed by atoms with Gasteiger partial charge in [0.15, 0.2) is 18.1 Å². The first kappa shape index (κ1) is 21.7. The number of ether oxygens (including phenoxy) is 5. The maximum atomic E-state index is 12.7. The van der Waals surface area contributed by atoms with Gasteiger partial charge in [0.2, 0.25) is 11.5 Å². The topological polar surface area (TPSA) is 85.2 Å². The summed E-state index contributed by atoms with van der Waals surface area (Å²) in [6, 6.07) is 4.94. The van der Waals surface area contributed by atoms with Crippen molar-refractivity contribution >= 4 is 11.8 Å². The first-order chi connectivity index (χ1) is 14.4. The van der Waals surface area contributed by atoms with Gasteiger partial charge in [0.05, 0.1) is 25.3 Å². The van der Waals surface area contributed by atoms with Crippen molar-refractivity contribution < 1.29 is 33.3 Å². The molecule has 8 nitrogen and oxygen atoms in total. The van der Waals surface area contributed by atoms with Crippen molar-refractivity contribution in [2.24, 2.45) is 0 Å². The summed E-state index contributed by atoms with van der Waals surface area (Å²) in [5.74, 6) is 0.335.